The summed E-state index contributed by atoms with van der Waals surface area (Å²) in [6.45, 7) is 17.8. The van der Waals surface area contributed by atoms with Gasteiger partial charge in [-0.2, -0.15) is 4.98 Å². The monoisotopic (exact) mass is 710 g/mol. The molecule has 280 valence electrons. The average molecular weight is 711 g/mol. The third-order valence-electron chi connectivity index (χ3n) is 8.48. The van der Waals surface area contributed by atoms with Crippen molar-refractivity contribution in [2.45, 2.75) is 97.4 Å². The lowest BCUT2D eigenvalue weighted by Crippen LogP contribution is -2.60. The van der Waals surface area contributed by atoms with Crippen molar-refractivity contribution < 1.29 is 28.7 Å². The van der Waals surface area contributed by atoms with E-state index in [0.29, 0.717) is 5.69 Å². The van der Waals surface area contributed by atoms with Gasteiger partial charge in [0.05, 0.1) is 5.69 Å². The van der Waals surface area contributed by atoms with Crippen LogP contribution in [0.15, 0.2) is 41.3 Å². The van der Waals surface area contributed by atoms with E-state index in [-0.39, 0.29) is 50.0 Å². The predicted octanol–water partition coefficient (Wildman–Crippen LogP) is 3.74. The standard InChI is InChI=1S/C36H54N8O7/c1-34(2,3)50-32(48)37-26-14-18-41(19-15-26)17-13-25-9-11-27(12-10-25)44-20-16-28(39-31(44)47)38-30(46)43-23-21-42(22-24-43)29(45)36(7,8)40-33(49)51-35(4,5)6/h9-12,16,20,26H,13-15,17-19,21-24H2,1-8H3,(H,37,48)(H,40,49)(H,38,39,46,47). The number of carbonyl (C=O) groups is 4. The van der Waals surface area contributed by atoms with Crippen LogP contribution in [0.2, 0.25) is 0 Å². The van der Waals surface area contributed by atoms with Crippen molar-refractivity contribution in [3.63, 3.8) is 0 Å². The number of ether oxygens (including phenoxy) is 2. The second kappa shape index (κ2) is 16.1. The van der Waals surface area contributed by atoms with Gasteiger partial charge in [-0.15, -0.1) is 0 Å². The fraction of sp³-hybridized carbons (Fsp3) is 0.611. The zero-order chi connectivity index (χ0) is 37.6. The highest BCUT2D eigenvalue weighted by Crippen LogP contribution is 2.17. The van der Waals surface area contributed by atoms with Crippen molar-refractivity contribution in [2.24, 2.45) is 0 Å². The van der Waals surface area contributed by atoms with Crippen LogP contribution in [-0.4, -0.2) is 117 Å². The lowest BCUT2D eigenvalue weighted by atomic mass is 10.0. The lowest BCUT2D eigenvalue weighted by molar-refractivity contribution is -0.138. The minimum atomic E-state index is -1.19. The van der Waals surface area contributed by atoms with E-state index >= 15 is 0 Å². The summed E-state index contributed by atoms with van der Waals surface area (Å²) in [5.41, 5.74) is -1.13. The summed E-state index contributed by atoms with van der Waals surface area (Å²) in [6, 6.07) is 8.99. The molecular weight excluding hydrogens is 656 g/mol. The van der Waals surface area contributed by atoms with Gasteiger partial charge in [0.2, 0.25) is 5.91 Å². The van der Waals surface area contributed by atoms with E-state index in [4.69, 9.17) is 9.47 Å². The lowest BCUT2D eigenvalue weighted by Gasteiger charge is -2.38. The summed E-state index contributed by atoms with van der Waals surface area (Å²) >= 11 is 0. The highest BCUT2D eigenvalue weighted by atomic mass is 16.6. The molecule has 2 fully saturated rings. The number of alkyl carbamates (subject to hydrolysis) is 2. The van der Waals surface area contributed by atoms with E-state index in [9.17, 15) is 24.0 Å². The highest BCUT2D eigenvalue weighted by Gasteiger charge is 2.37. The number of hydrogen-bond donors (Lipinski definition) is 3. The summed E-state index contributed by atoms with van der Waals surface area (Å²) in [6.07, 6.45) is 3.13. The molecule has 0 radical (unpaired) electrons. The van der Waals surface area contributed by atoms with Crippen LogP contribution in [0.5, 0.6) is 0 Å². The molecular formula is C36H54N8O7. The normalized spacial score (nSPS) is 16.3. The third kappa shape index (κ3) is 12.0. The summed E-state index contributed by atoms with van der Waals surface area (Å²) < 4.78 is 12.1. The molecule has 1 aromatic heterocycles. The molecule has 0 atom stereocenters. The van der Waals surface area contributed by atoms with Gasteiger partial charge in [0.15, 0.2) is 0 Å². The maximum atomic E-state index is 13.1. The summed E-state index contributed by atoms with van der Waals surface area (Å²) in [5, 5.41) is 8.29. The van der Waals surface area contributed by atoms with Crippen molar-refractivity contribution >= 4 is 29.9 Å². The van der Waals surface area contributed by atoms with Crippen molar-refractivity contribution in [2.75, 3.05) is 51.1 Å². The molecule has 3 heterocycles. The molecule has 51 heavy (non-hydrogen) atoms. The number of amides is 5. The first-order valence-corrected chi connectivity index (χ1v) is 17.6. The first-order chi connectivity index (χ1) is 23.8. The first kappa shape index (κ1) is 39.1. The molecule has 15 heteroatoms. The quantitative estimate of drug-likeness (QED) is 0.370. The molecule has 3 N–H and O–H groups in total. The Bertz CT molecular complexity index is 1590. The molecule has 2 aliphatic heterocycles. The van der Waals surface area contributed by atoms with Crippen molar-refractivity contribution in [1.82, 2.24) is 34.9 Å². The second-order valence-corrected chi connectivity index (χ2v) is 15.6. The Labute approximate surface area is 300 Å². The molecule has 2 aromatic rings. The van der Waals surface area contributed by atoms with Gasteiger partial charge in [-0.25, -0.2) is 19.2 Å². The van der Waals surface area contributed by atoms with Gasteiger partial charge in [0.25, 0.3) is 0 Å². The van der Waals surface area contributed by atoms with Crippen molar-refractivity contribution in [3.8, 4) is 5.69 Å². The van der Waals surface area contributed by atoms with Gasteiger partial charge < -0.3 is 34.8 Å². The van der Waals surface area contributed by atoms with E-state index in [1.807, 2.05) is 45.0 Å². The third-order valence-corrected chi connectivity index (χ3v) is 8.48. The number of carbonyl (C=O) groups excluding carboxylic acids is 4. The van der Waals surface area contributed by atoms with E-state index in [1.54, 1.807) is 56.7 Å². The number of rotatable bonds is 8. The molecule has 0 aliphatic carbocycles. The number of benzene rings is 1. The maximum Gasteiger partial charge on any atom is 0.408 e. The second-order valence-electron chi connectivity index (χ2n) is 15.6. The summed E-state index contributed by atoms with van der Waals surface area (Å²) in [5.74, 6) is -0.151. The molecule has 0 spiro atoms. The number of anilines is 1. The fourth-order valence-electron chi connectivity index (χ4n) is 5.86. The number of aromatic nitrogens is 2. The Morgan fingerprint density at radius 3 is 1.92 bits per heavy atom. The van der Waals surface area contributed by atoms with E-state index < -0.39 is 34.6 Å². The molecule has 0 saturated carbocycles. The van der Waals surface area contributed by atoms with Crippen LogP contribution in [0.25, 0.3) is 5.69 Å². The molecule has 0 bridgehead atoms. The molecule has 15 nitrogen and oxygen atoms in total. The van der Waals surface area contributed by atoms with E-state index in [2.05, 4.69) is 25.8 Å². The van der Waals surface area contributed by atoms with Crippen LogP contribution in [-0.2, 0) is 20.7 Å². The van der Waals surface area contributed by atoms with Gasteiger partial charge in [-0.3, -0.25) is 14.7 Å². The van der Waals surface area contributed by atoms with Gasteiger partial charge in [0, 0.05) is 58.1 Å². The minimum absolute atomic E-state index is 0.116. The number of hydrogen-bond acceptors (Lipinski definition) is 9. The molecule has 2 saturated heterocycles. The molecule has 1 aromatic carbocycles. The van der Waals surface area contributed by atoms with Gasteiger partial charge in [-0.1, -0.05) is 12.1 Å². The Morgan fingerprint density at radius 2 is 1.35 bits per heavy atom. The van der Waals surface area contributed by atoms with Crippen LogP contribution < -0.4 is 21.6 Å². The summed E-state index contributed by atoms with van der Waals surface area (Å²) in [4.78, 5) is 72.9. The largest absolute Gasteiger partial charge is 0.444 e. The van der Waals surface area contributed by atoms with Crippen LogP contribution >= 0.6 is 0 Å². The maximum absolute atomic E-state index is 13.1. The number of piperazine rings is 1. The van der Waals surface area contributed by atoms with Crippen LogP contribution in [0.4, 0.5) is 20.2 Å². The molecule has 2 aliphatic rings. The Morgan fingerprint density at radius 1 is 0.784 bits per heavy atom. The van der Waals surface area contributed by atoms with E-state index in [1.165, 1.54) is 4.57 Å². The van der Waals surface area contributed by atoms with Gasteiger partial charge in [0.1, 0.15) is 22.6 Å². The van der Waals surface area contributed by atoms with Crippen LogP contribution in [0, 0.1) is 0 Å². The van der Waals surface area contributed by atoms with Crippen LogP contribution in [0.1, 0.15) is 73.8 Å². The number of urea groups is 1. The fourth-order valence-corrected chi connectivity index (χ4v) is 5.86. The number of nitrogens with zero attached hydrogens (tertiary/aromatic N) is 5. The Kier molecular flexibility index (Phi) is 12.4. The average Bonchev–Trinajstić information content (AvgIpc) is 3.02. The smallest absolute Gasteiger partial charge is 0.408 e. The van der Waals surface area contributed by atoms with Crippen molar-refractivity contribution in [1.29, 1.82) is 0 Å². The first-order valence-electron chi connectivity index (χ1n) is 17.6. The van der Waals surface area contributed by atoms with Gasteiger partial charge >= 0.3 is 23.9 Å². The number of likely N-dealkylation sites (tertiary alicyclic amines) is 1. The molecule has 0 unspecified atom stereocenters. The number of piperidine rings is 1. The molecule has 5 amide bonds. The minimum Gasteiger partial charge on any atom is -0.444 e. The predicted molar refractivity (Wildman–Crippen MR) is 193 cm³/mol. The van der Waals surface area contributed by atoms with Crippen molar-refractivity contribution in [3.05, 3.63) is 52.6 Å². The topological polar surface area (TPSA) is 167 Å². The zero-order valence-electron chi connectivity index (χ0n) is 31.2. The van der Waals surface area contributed by atoms with Gasteiger partial charge in [-0.05, 0) is 98.4 Å². The SMILES string of the molecule is CC(C)(C)OC(=O)NC1CCN(CCc2ccc(-n3ccc(NC(=O)N4CCN(C(=O)C(C)(C)NC(=O)OC(C)(C)C)CC4)nc3=O)cc2)CC1. The summed E-state index contributed by atoms with van der Waals surface area (Å²) in [7, 11) is 0. The molecule has 4 rings (SSSR count). The van der Waals surface area contributed by atoms with Crippen LogP contribution in [0.3, 0.4) is 0 Å². The Hall–Kier alpha value is -4.66. The van der Waals surface area contributed by atoms with E-state index in [0.717, 1.165) is 44.5 Å². The number of nitrogens with one attached hydrogen (secondary N) is 3. The highest BCUT2D eigenvalue weighted by molar-refractivity contribution is 5.90. The zero-order valence-corrected chi connectivity index (χ0v) is 31.2. The Balaban J connectivity index is 1.21.